The molecule has 1 rings (SSSR count). The van der Waals surface area contributed by atoms with Crippen molar-refractivity contribution >= 4 is 15.5 Å². The minimum atomic E-state index is -3.46. The van der Waals surface area contributed by atoms with Crippen molar-refractivity contribution in [1.82, 2.24) is 0 Å². The summed E-state index contributed by atoms with van der Waals surface area (Å²) in [5, 5.41) is 20.4. The molecule has 0 saturated heterocycles. The maximum absolute atomic E-state index is 11.7. The molecule has 0 fully saturated rings. The molecule has 1 unspecified atom stereocenters. The van der Waals surface area contributed by atoms with E-state index in [9.17, 15) is 8.42 Å². The van der Waals surface area contributed by atoms with Crippen LogP contribution in [0.1, 0.15) is 0 Å². The Kier molecular flexibility index (Phi) is 4.88. The highest BCUT2D eigenvalue weighted by Gasteiger charge is 2.13. The Bertz CT molecular complexity index is 459. The molecular formula is C10H16N2O4S. The van der Waals surface area contributed by atoms with Crippen molar-refractivity contribution in [2.75, 3.05) is 24.2 Å². The van der Waals surface area contributed by atoms with E-state index < -0.39 is 22.7 Å². The summed E-state index contributed by atoms with van der Waals surface area (Å²) >= 11 is 0. The zero-order valence-electron chi connectivity index (χ0n) is 9.20. The number of rotatable bonds is 6. The van der Waals surface area contributed by atoms with Gasteiger partial charge in [0.25, 0.3) is 0 Å². The second kappa shape index (κ2) is 5.97. The van der Waals surface area contributed by atoms with E-state index in [1.807, 2.05) is 0 Å². The fraction of sp³-hybridized carbons (Fsp3) is 0.400. The van der Waals surface area contributed by atoms with Crippen LogP contribution < -0.4 is 11.1 Å². The molecule has 0 bridgehead atoms. The number of sulfone groups is 1. The third-order valence-corrected chi connectivity index (χ3v) is 3.76. The van der Waals surface area contributed by atoms with Crippen LogP contribution in [0.4, 0.5) is 5.69 Å². The fourth-order valence-corrected chi connectivity index (χ4v) is 2.33. The number of benzene rings is 1. The van der Waals surface area contributed by atoms with Gasteiger partial charge in [0, 0.05) is 5.69 Å². The van der Waals surface area contributed by atoms with Gasteiger partial charge in [-0.1, -0.05) is 6.07 Å². The molecule has 0 spiro atoms. The van der Waals surface area contributed by atoms with Crippen LogP contribution in [0.5, 0.6) is 0 Å². The average molecular weight is 260 g/mol. The minimum absolute atomic E-state index is 0.128. The van der Waals surface area contributed by atoms with E-state index in [-0.39, 0.29) is 17.2 Å². The molecule has 0 aliphatic carbocycles. The van der Waals surface area contributed by atoms with Crippen LogP contribution in [0.3, 0.4) is 0 Å². The molecule has 0 saturated carbocycles. The number of nitrogens with two attached hydrogens (primary N) is 1. The lowest BCUT2D eigenvalue weighted by Crippen LogP contribution is -2.28. The summed E-state index contributed by atoms with van der Waals surface area (Å²) in [6, 6.07) is 6.14. The Morgan fingerprint density at radius 3 is 2.71 bits per heavy atom. The standard InChI is InChI=1S/C10H16N2O4S/c11-10(14)7-12-8-2-1-3-9(6-8)17(15,16)5-4-13/h1-3,6,10,12-14H,4-5,7,11H2. The lowest BCUT2D eigenvalue weighted by atomic mass is 10.3. The first-order chi connectivity index (χ1) is 7.95. The Labute approximate surface area is 100.0 Å². The van der Waals surface area contributed by atoms with Gasteiger partial charge < -0.3 is 21.3 Å². The molecule has 5 N–H and O–H groups in total. The van der Waals surface area contributed by atoms with Gasteiger partial charge >= 0.3 is 0 Å². The van der Waals surface area contributed by atoms with Crippen molar-refractivity contribution in [3.8, 4) is 0 Å². The van der Waals surface area contributed by atoms with Crippen LogP contribution in [0.2, 0.25) is 0 Å². The Balaban J connectivity index is 2.86. The lowest BCUT2D eigenvalue weighted by Gasteiger charge is -2.10. The topological polar surface area (TPSA) is 113 Å². The maximum Gasteiger partial charge on any atom is 0.180 e. The number of aliphatic hydroxyl groups excluding tert-OH is 2. The molecule has 1 aromatic carbocycles. The second-order valence-electron chi connectivity index (χ2n) is 3.52. The van der Waals surface area contributed by atoms with Crippen LogP contribution in [-0.4, -0.2) is 43.8 Å². The molecule has 17 heavy (non-hydrogen) atoms. The van der Waals surface area contributed by atoms with E-state index in [1.165, 1.54) is 12.1 Å². The quantitative estimate of drug-likeness (QED) is 0.495. The van der Waals surface area contributed by atoms with Crippen molar-refractivity contribution in [3.63, 3.8) is 0 Å². The van der Waals surface area contributed by atoms with Gasteiger partial charge in [0.2, 0.25) is 0 Å². The number of aliphatic hydroxyl groups is 2. The number of hydrogen-bond acceptors (Lipinski definition) is 6. The van der Waals surface area contributed by atoms with Crippen molar-refractivity contribution in [2.45, 2.75) is 11.1 Å². The molecular weight excluding hydrogens is 244 g/mol. The first-order valence-corrected chi connectivity index (χ1v) is 6.72. The highest BCUT2D eigenvalue weighted by molar-refractivity contribution is 7.91. The summed E-state index contributed by atoms with van der Waals surface area (Å²) in [5.74, 6) is -0.310. The van der Waals surface area contributed by atoms with Gasteiger partial charge in [0.05, 0.1) is 23.8 Å². The first kappa shape index (κ1) is 13.9. The number of anilines is 1. The van der Waals surface area contributed by atoms with Crippen LogP contribution >= 0.6 is 0 Å². The van der Waals surface area contributed by atoms with Gasteiger partial charge in [-0.25, -0.2) is 8.42 Å². The third kappa shape index (κ3) is 4.31. The van der Waals surface area contributed by atoms with E-state index in [4.69, 9.17) is 15.9 Å². The van der Waals surface area contributed by atoms with E-state index >= 15 is 0 Å². The van der Waals surface area contributed by atoms with Crippen molar-refractivity contribution in [2.24, 2.45) is 5.73 Å². The summed E-state index contributed by atoms with van der Waals surface area (Å²) in [4.78, 5) is 0.128. The van der Waals surface area contributed by atoms with Crippen molar-refractivity contribution < 1.29 is 18.6 Å². The van der Waals surface area contributed by atoms with Crippen LogP contribution in [0.15, 0.2) is 29.2 Å². The van der Waals surface area contributed by atoms with Gasteiger partial charge in [-0.15, -0.1) is 0 Å². The molecule has 0 radical (unpaired) electrons. The highest BCUT2D eigenvalue weighted by atomic mass is 32.2. The Morgan fingerprint density at radius 1 is 1.41 bits per heavy atom. The zero-order valence-corrected chi connectivity index (χ0v) is 10.0. The van der Waals surface area contributed by atoms with Gasteiger partial charge in [-0.2, -0.15) is 0 Å². The van der Waals surface area contributed by atoms with E-state index in [0.717, 1.165) is 0 Å². The molecule has 0 aliphatic heterocycles. The predicted molar refractivity (Wildman–Crippen MR) is 64.3 cm³/mol. The van der Waals surface area contributed by atoms with Gasteiger partial charge in [0.1, 0.15) is 6.23 Å². The first-order valence-electron chi connectivity index (χ1n) is 5.07. The van der Waals surface area contributed by atoms with E-state index in [1.54, 1.807) is 12.1 Å². The fourth-order valence-electron chi connectivity index (χ4n) is 1.26. The van der Waals surface area contributed by atoms with Crippen LogP contribution in [0, 0.1) is 0 Å². The summed E-state index contributed by atoms with van der Waals surface area (Å²) in [7, 11) is -3.46. The molecule has 1 atom stereocenters. The summed E-state index contributed by atoms with van der Waals surface area (Å²) in [5.41, 5.74) is 5.70. The van der Waals surface area contributed by atoms with Crippen molar-refractivity contribution in [3.05, 3.63) is 24.3 Å². The molecule has 0 aliphatic rings. The second-order valence-corrected chi connectivity index (χ2v) is 5.63. The number of hydrogen-bond donors (Lipinski definition) is 4. The largest absolute Gasteiger partial charge is 0.395 e. The normalized spacial score (nSPS) is 13.4. The van der Waals surface area contributed by atoms with Crippen molar-refractivity contribution in [1.29, 1.82) is 0 Å². The number of nitrogens with one attached hydrogen (secondary N) is 1. The summed E-state index contributed by atoms with van der Waals surface area (Å²) < 4.78 is 23.3. The highest BCUT2D eigenvalue weighted by Crippen LogP contribution is 2.16. The summed E-state index contributed by atoms with van der Waals surface area (Å²) in [6.07, 6.45) is -1.01. The zero-order chi connectivity index (χ0) is 12.9. The van der Waals surface area contributed by atoms with Gasteiger partial charge in [-0.3, -0.25) is 0 Å². The molecule has 0 amide bonds. The maximum atomic E-state index is 11.7. The monoisotopic (exact) mass is 260 g/mol. The molecule has 96 valence electrons. The molecule has 0 heterocycles. The smallest absolute Gasteiger partial charge is 0.180 e. The van der Waals surface area contributed by atoms with Gasteiger partial charge in [0.15, 0.2) is 9.84 Å². The van der Waals surface area contributed by atoms with Crippen LogP contribution in [0.25, 0.3) is 0 Å². The lowest BCUT2D eigenvalue weighted by molar-refractivity contribution is 0.196. The minimum Gasteiger partial charge on any atom is -0.395 e. The predicted octanol–water partition coefficient (Wildman–Crippen LogP) is -0.858. The Hall–Kier alpha value is -1.15. The molecule has 1 aromatic rings. The van der Waals surface area contributed by atoms with Gasteiger partial charge in [-0.05, 0) is 18.2 Å². The van der Waals surface area contributed by atoms with E-state index in [2.05, 4.69) is 5.32 Å². The summed E-state index contributed by atoms with van der Waals surface area (Å²) in [6.45, 7) is -0.287. The average Bonchev–Trinajstić information content (AvgIpc) is 2.27. The molecule has 0 aromatic heterocycles. The molecule has 7 heteroatoms. The molecule has 6 nitrogen and oxygen atoms in total. The third-order valence-electron chi connectivity index (χ3n) is 2.07. The Morgan fingerprint density at radius 2 is 2.12 bits per heavy atom. The SMILES string of the molecule is NC(O)CNc1cccc(S(=O)(=O)CCO)c1. The van der Waals surface area contributed by atoms with Crippen LogP contribution in [-0.2, 0) is 9.84 Å². The van der Waals surface area contributed by atoms with E-state index in [0.29, 0.717) is 5.69 Å².